The van der Waals surface area contributed by atoms with Gasteiger partial charge in [0, 0.05) is 13.5 Å². The third kappa shape index (κ3) is 2.12. The number of nitrogens with zero attached hydrogens (tertiary/aromatic N) is 2. The van der Waals surface area contributed by atoms with Gasteiger partial charge in [0.05, 0.1) is 28.8 Å². The third-order valence-corrected chi connectivity index (χ3v) is 3.31. The van der Waals surface area contributed by atoms with E-state index in [1.165, 1.54) is 6.92 Å². The van der Waals surface area contributed by atoms with Crippen LogP contribution in [0.2, 0.25) is 0 Å². The van der Waals surface area contributed by atoms with E-state index in [1.54, 1.807) is 0 Å². The summed E-state index contributed by atoms with van der Waals surface area (Å²) in [5, 5.41) is -0.342. The monoisotopic (exact) mass is 290 g/mol. The van der Waals surface area contributed by atoms with Gasteiger partial charge in [-0.05, 0) is 25.4 Å². The lowest BCUT2D eigenvalue weighted by Gasteiger charge is -2.24. The Morgan fingerprint density at radius 1 is 1.48 bits per heavy atom. The quantitative estimate of drug-likeness (QED) is 0.628. The lowest BCUT2D eigenvalue weighted by atomic mass is 9.92. The Balaban J connectivity index is 2.44. The molecule has 2 N–H and O–H groups in total. The number of rotatable bonds is 1. The molecule has 2 unspecified atom stereocenters. The molecule has 1 aliphatic rings. The Morgan fingerprint density at radius 3 is 2.95 bits per heavy atom. The van der Waals surface area contributed by atoms with Crippen molar-refractivity contribution in [2.45, 2.75) is 32.2 Å². The second kappa shape index (κ2) is 4.80. The lowest BCUT2D eigenvalue weighted by molar-refractivity contribution is -0.132. The van der Waals surface area contributed by atoms with Crippen molar-refractivity contribution in [2.24, 2.45) is 0 Å². The number of aromatic nitrogens is 2. The summed E-state index contributed by atoms with van der Waals surface area (Å²) in [6.45, 7) is 1.33. The second-order valence-electron chi connectivity index (χ2n) is 4.74. The number of nitrogens with two attached hydrogens (primary N) is 1. The smallest absolute Gasteiger partial charge is 0.264 e. The Morgan fingerprint density at radius 2 is 2.24 bits per heavy atom. The van der Waals surface area contributed by atoms with Crippen molar-refractivity contribution in [3.8, 4) is 0 Å². The highest BCUT2D eigenvalue weighted by atomic mass is 16.2. The summed E-state index contributed by atoms with van der Waals surface area (Å²) in [6.07, 6.45) is -2.42. The number of hydrogen-bond acceptors (Lipinski definition) is 5. The molecule has 1 aromatic carbocycles. The normalized spacial score (nSPS) is 29.6. The molecule has 0 bridgehead atoms. The first kappa shape index (κ1) is 8.71. The zero-order valence-electron chi connectivity index (χ0n) is 16.2. The maximum Gasteiger partial charge on any atom is 0.264 e. The van der Waals surface area contributed by atoms with E-state index in [0.717, 1.165) is 0 Å². The van der Waals surface area contributed by atoms with Crippen LogP contribution in [0.3, 0.4) is 0 Å². The predicted octanol–water partition coefficient (Wildman–Crippen LogP) is 1.15. The van der Waals surface area contributed by atoms with Crippen molar-refractivity contribution in [2.75, 3.05) is 5.73 Å². The number of carbonyl (C=O) groups excluding carboxylic acids is 2. The third-order valence-electron chi connectivity index (χ3n) is 3.31. The molecule has 0 radical (unpaired) electrons. The molecular formula is C15H15N3O3. The minimum atomic E-state index is -2.35. The van der Waals surface area contributed by atoms with Gasteiger partial charge in [-0.3, -0.25) is 19.0 Å². The number of Topliss-reactive ketones (excluding diaryl/α,β-unsaturated/α-hetero) is 2. The first-order valence-corrected chi connectivity index (χ1v) is 6.28. The van der Waals surface area contributed by atoms with E-state index < -0.39 is 54.1 Å². The van der Waals surface area contributed by atoms with Gasteiger partial charge in [-0.15, -0.1) is 0 Å². The fraction of sp³-hybridized carbons (Fsp3) is 0.333. The van der Waals surface area contributed by atoms with Crippen LogP contribution in [0.1, 0.15) is 37.9 Å². The number of aryl methyl sites for hydroxylation is 1. The Bertz CT molecular complexity index is 1050. The molecule has 2 aromatic rings. The van der Waals surface area contributed by atoms with Crippen LogP contribution in [0.5, 0.6) is 0 Å². The fourth-order valence-corrected chi connectivity index (χ4v) is 2.35. The van der Waals surface area contributed by atoms with Crippen LogP contribution in [0, 0.1) is 6.92 Å². The van der Waals surface area contributed by atoms with Crippen molar-refractivity contribution in [1.82, 2.24) is 9.55 Å². The SMILES string of the molecule is [2H]c1c([2H])c(N)c2c(=O)n(C3([2H])C(=O)CC(=O)CC3[2H])c(C)nc2c1[2H]. The average Bonchev–Trinajstić information content (AvgIpc) is 2.55. The van der Waals surface area contributed by atoms with Gasteiger partial charge in [0.15, 0.2) is 5.78 Å². The molecule has 21 heavy (non-hydrogen) atoms. The Kier molecular flexibility index (Phi) is 1.99. The summed E-state index contributed by atoms with van der Waals surface area (Å²) in [4.78, 5) is 41.0. The van der Waals surface area contributed by atoms with E-state index in [0.29, 0.717) is 4.57 Å². The average molecular weight is 290 g/mol. The van der Waals surface area contributed by atoms with E-state index in [1.807, 2.05) is 0 Å². The van der Waals surface area contributed by atoms with Crippen LogP contribution in [-0.4, -0.2) is 21.1 Å². The summed E-state index contributed by atoms with van der Waals surface area (Å²) in [5.41, 5.74) is 4.26. The number of ketones is 2. The zero-order chi connectivity index (χ0) is 19.5. The van der Waals surface area contributed by atoms with Gasteiger partial charge in [-0.1, -0.05) is 6.04 Å². The second-order valence-corrected chi connectivity index (χ2v) is 4.74. The van der Waals surface area contributed by atoms with E-state index in [4.69, 9.17) is 12.6 Å². The van der Waals surface area contributed by atoms with Crippen molar-refractivity contribution < 1.29 is 16.4 Å². The van der Waals surface area contributed by atoms with Crippen molar-refractivity contribution >= 4 is 28.2 Å². The number of hydrogen-bond donors (Lipinski definition) is 1. The number of anilines is 1. The summed E-state index contributed by atoms with van der Waals surface area (Å²) in [6, 6.07) is -3.83. The van der Waals surface area contributed by atoms with Crippen molar-refractivity contribution in [1.29, 1.82) is 0 Å². The molecule has 0 aliphatic heterocycles. The minimum Gasteiger partial charge on any atom is -0.398 e. The Labute approximate surface area is 127 Å². The van der Waals surface area contributed by atoms with Crippen LogP contribution in [0.4, 0.5) is 5.69 Å². The molecule has 1 heterocycles. The molecule has 3 rings (SSSR count). The van der Waals surface area contributed by atoms with Crippen LogP contribution in [-0.2, 0) is 9.59 Å². The molecule has 108 valence electrons. The standard InChI is InChI=1S/C15H15N3O3/c1-8-17-11-4-2-3-10(16)14(11)15(21)18(8)12-6-5-9(19)7-13(12)20/h2-4,12H,5-7,16H2,1H3/i2D,3D,4D,6D,12D. The molecule has 2 atom stereocenters. The van der Waals surface area contributed by atoms with Gasteiger partial charge in [-0.2, -0.15) is 0 Å². The highest BCUT2D eigenvalue weighted by Gasteiger charge is 2.30. The van der Waals surface area contributed by atoms with E-state index >= 15 is 0 Å². The van der Waals surface area contributed by atoms with E-state index in [-0.39, 0.29) is 28.8 Å². The molecule has 1 saturated carbocycles. The minimum absolute atomic E-state index is 0.109. The first-order valence-electron chi connectivity index (χ1n) is 8.85. The molecule has 0 spiro atoms. The van der Waals surface area contributed by atoms with E-state index in [9.17, 15) is 14.4 Å². The molecule has 6 nitrogen and oxygen atoms in total. The van der Waals surface area contributed by atoms with Crippen LogP contribution < -0.4 is 11.3 Å². The number of nitrogen functional groups attached to an aromatic ring is 1. The van der Waals surface area contributed by atoms with E-state index in [2.05, 4.69) is 4.98 Å². The maximum absolute atomic E-state index is 13.0. The predicted molar refractivity (Wildman–Crippen MR) is 78.1 cm³/mol. The molecule has 1 aromatic heterocycles. The fourth-order valence-electron chi connectivity index (χ4n) is 2.35. The van der Waals surface area contributed by atoms with Gasteiger partial charge in [0.25, 0.3) is 5.56 Å². The topological polar surface area (TPSA) is 95.0 Å². The summed E-state index contributed by atoms with van der Waals surface area (Å²) in [7, 11) is 0. The van der Waals surface area contributed by atoms with Gasteiger partial charge >= 0.3 is 0 Å². The van der Waals surface area contributed by atoms with Crippen LogP contribution in [0.15, 0.2) is 22.9 Å². The van der Waals surface area contributed by atoms with Crippen molar-refractivity contribution in [3.63, 3.8) is 0 Å². The number of carbonyl (C=O) groups is 2. The highest BCUT2D eigenvalue weighted by molar-refractivity contribution is 6.03. The van der Waals surface area contributed by atoms with Crippen LogP contribution >= 0.6 is 0 Å². The maximum atomic E-state index is 13.0. The molecule has 1 aliphatic carbocycles. The highest BCUT2D eigenvalue weighted by Crippen LogP contribution is 2.24. The summed E-state index contributed by atoms with van der Waals surface area (Å²) in [5.74, 6) is -1.48. The molecule has 1 fully saturated rings. The lowest BCUT2D eigenvalue weighted by Crippen LogP contribution is -2.36. The zero-order valence-corrected chi connectivity index (χ0v) is 11.2. The molecule has 0 amide bonds. The summed E-state index contributed by atoms with van der Waals surface area (Å²) >= 11 is 0. The van der Waals surface area contributed by atoms with Crippen molar-refractivity contribution in [3.05, 3.63) is 34.3 Å². The van der Waals surface area contributed by atoms with Gasteiger partial charge in [0.2, 0.25) is 0 Å². The number of fused-ring (bicyclic) bond motifs is 1. The van der Waals surface area contributed by atoms with Gasteiger partial charge < -0.3 is 5.73 Å². The number of benzene rings is 1. The van der Waals surface area contributed by atoms with Crippen LogP contribution in [0.25, 0.3) is 10.9 Å². The molecule has 6 heteroatoms. The largest absolute Gasteiger partial charge is 0.398 e. The Hall–Kier alpha value is -2.50. The molecule has 0 saturated heterocycles. The first-order chi connectivity index (χ1) is 12.0. The summed E-state index contributed by atoms with van der Waals surface area (Å²) < 4.78 is 40.7. The van der Waals surface area contributed by atoms with Gasteiger partial charge in [0.1, 0.15) is 11.6 Å². The van der Waals surface area contributed by atoms with Gasteiger partial charge in [-0.25, -0.2) is 4.98 Å². The molecular weight excluding hydrogens is 270 g/mol.